The molecule has 0 fully saturated rings. The minimum atomic E-state index is -0.326. The molecule has 55 heavy (non-hydrogen) atoms. The zero-order valence-electron chi connectivity index (χ0n) is 31.3. The third-order valence-corrected chi connectivity index (χ3v) is 12.3. The lowest BCUT2D eigenvalue weighted by Gasteiger charge is -2.35. The molecule has 4 aromatic rings. The zero-order chi connectivity index (χ0) is 36.6. The lowest BCUT2D eigenvalue weighted by atomic mass is 9.66. The summed E-state index contributed by atoms with van der Waals surface area (Å²) >= 11 is 0. The van der Waals surface area contributed by atoms with Crippen LogP contribution in [-0.2, 0) is 5.41 Å². The second-order valence-electron chi connectivity index (χ2n) is 15.6. The van der Waals surface area contributed by atoms with Crippen LogP contribution in [0.25, 0.3) is 22.3 Å². The van der Waals surface area contributed by atoms with Crippen LogP contribution in [0.2, 0.25) is 0 Å². The Hall–Kier alpha value is -5.77. The predicted octanol–water partition coefficient (Wildman–Crippen LogP) is 11.7. The van der Waals surface area contributed by atoms with Gasteiger partial charge in [0.1, 0.15) is 18.2 Å². The fourth-order valence-corrected chi connectivity index (χ4v) is 9.59. The summed E-state index contributed by atoms with van der Waals surface area (Å²) in [7, 11) is 0. The number of nitrogens with one attached hydrogen (secondary N) is 2. The van der Waals surface area contributed by atoms with E-state index in [2.05, 4.69) is 181 Å². The quantitative estimate of drug-likeness (QED) is 0.200. The van der Waals surface area contributed by atoms with Crippen molar-refractivity contribution >= 4 is 5.84 Å². The molecule has 1 heterocycles. The predicted molar refractivity (Wildman–Crippen MR) is 229 cm³/mol. The fraction of sp³-hybridized carbons (Fsp3) is 0.212. The highest BCUT2D eigenvalue weighted by Gasteiger charge is 2.46. The Labute approximate surface area is 325 Å². The van der Waals surface area contributed by atoms with Gasteiger partial charge in [0.2, 0.25) is 0 Å². The van der Waals surface area contributed by atoms with Crippen molar-refractivity contribution in [2.75, 3.05) is 0 Å². The van der Waals surface area contributed by atoms with Gasteiger partial charge in [0.05, 0.1) is 5.41 Å². The maximum Gasteiger partial charge on any atom is 0.129 e. The van der Waals surface area contributed by atoms with Gasteiger partial charge in [-0.1, -0.05) is 164 Å². The van der Waals surface area contributed by atoms with Crippen molar-refractivity contribution in [1.82, 2.24) is 10.6 Å². The summed E-state index contributed by atoms with van der Waals surface area (Å²) in [5.74, 6) is 1.31. The standard InChI is InChI=1S/C52H47N3/c1-5-16-38(17-6-1)49-53-50(39-18-7-2-8-19-39)55-51(54-49)42-21-15-20-40(34-42)36-28-30-37(31-29-36)41-32-33-48-46(35-41)45-26-13-14-27-47(45)52(48,43-22-9-3-10-23-43)44-24-11-4-12-25-44/h1,3,5,7,9-11,13-16,18-19,21-35,40,50-51,55H,2,4,6,8,12,17,20H2,(H,53,54). The minimum absolute atomic E-state index is 0.0304. The van der Waals surface area contributed by atoms with E-state index in [0.717, 1.165) is 50.8 Å². The summed E-state index contributed by atoms with van der Waals surface area (Å²) in [5.41, 5.74) is 15.4. The van der Waals surface area contributed by atoms with E-state index in [9.17, 15) is 0 Å². The number of nitrogens with zero attached hydrogens (tertiary/aromatic N) is 1. The molecule has 4 atom stereocenters. The van der Waals surface area contributed by atoms with Crippen LogP contribution in [0, 0.1) is 0 Å². The average Bonchev–Trinajstić information content (AvgIpc) is 3.58. The number of amidine groups is 1. The number of fused-ring (bicyclic) bond motifs is 3. The first kappa shape index (κ1) is 33.8. The molecule has 6 aliphatic rings. The number of rotatable bonds is 7. The van der Waals surface area contributed by atoms with Crippen LogP contribution < -0.4 is 10.6 Å². The summed E-state index contributed by atoms with van der Waals surface area (Å²) in [5, 5.41) is 7.58. The van der Waals surface area contributed by atoms with Crippen molar-refractivity contribution in [3.05, 3.63) is 215 Å². The highest BCUT2D eigenvalue weighted by molar-refractivity contribution is 6.00. The number of hydrogen-bond donors (Lipinski definition) is 2. The van der Waals surface area contributed by atoms with Gasteiger partial charge in [0.15, 0.2) is 0 Å². The maximum absolute atomic E-state index is 5.27. The molecular formula is C52H47N3. The molecule has 3 nitrogen and oxygen atoms in total. The zero-order valence-corrected chi connectivity index (χ0v) is 31.3. The largest absolute Gasteiger partial charge is 0.351 e. The van der Waals surface area contributed by atoms with Gasteiger partial charge in [-0.15, -0.1) is 0 Å². The SMILES string of the molecule is C1=CCCC(C2=NC(C3=CC(c4ccc(-c5ccc6c(c5)-c5ccccc5C6(C5=CCCC=C5)c5ccccc5)cc4)CC=C3)NC(C3=CCCC=C3)N2)=C1. The lowest BCUT2D eigenvalue weighted by molar-refractivity contribution is 0.465. The van der Waals surface area contributed by atoms with Gasteiger partial charge in [0.25, 0.3) is 0 Å². The summed E-state index contributed by atoms with van der Waals surface area (Å²) in [6.45, 7) is 0. The van der Waals surface area contributed by atoms with Gasteiger partial charge in [-0.2, -0.15) is 0 Å². The highest BCUT2D eigenvalue weighted by Crippen LogP contribution is 2.57. The molecule has 3 heteroatoms. The van der Waals surface area contributed by atoms with E-state index >= 15 is 0 Å². The van der Waals surface area contributed by atoms with Crippen LogP contribution in [0.1, 0.15) is 73.1 Å². The van der Waals surface area contributed by atoms with Crippen LogP contribution in [0.4, 0.5) is 0 Å². The van der Waals surface area contributed by atoms with E-state index in [0.29, 0.717) is 5.92 Å². The summed E-state index contributed by atoms with van der Waals surface area (Å²) in [4.78, 5) is 5.27. The fourth-order valence-electron chi connectivity index (χ4n) is 9.59. The van der Waals surface area contributed by atoms with Crippen molar-refractivity contribution < 1.29 is 0 Å². The Morgan fingerprint density at radius 1 is 0.636 bits per heavy atom. The van der Waals surface area contributed by atoms with E-state index in [1.165, 1.54) is 66.8 Å². The Kier molecular flexibility index (Phi) is 8.88. The first-order valence-electron chi connectivity index (χ1n) is 20.2. The minimum Gasteiger partial charge on any atom is -0.351 e. The smallest absolute Gasteiger partial charge is 0.129 e. The van der Waals surface area contributed by atoms with Gasteiger partial charge < -0.3 is 5.32 Å². The van der Waals surface area contributed by atoms with Crippen LogP contribution in [-0.4, -0.2) is 18.2 Å². The molecule has 0 saturated heterocycles. The van der Waals surface area contributed by atoms with E-state index in [4.69, 9.17) is 4.99 Å². The van der Waals surface area contributed by atoms with Crippen LogP contribution >= 0.6 is 0 Å². The monoisotopic (exact) mass is 713 g/mol. The molecule has 0 saturated carbocycles. The van der Waals surface area contributed by atoms with Crippen molar-refractivity contribution in [3.8, 4) is 22.3 Å². The highest BCUT2D eigenvalue weighted by atomic mass is 15.3. The van der Waals surface area contributed by atoms with Crippen molar-refractivity contribution in [2.24, 2.45) is 4.99 Å². The first-order chi connectivity index (χ1) is 27.3. The summed E-state index contributed by atoms with van der Waals surface area (Å²) < 4.78 is 0. The van der Waals surface area contributed by atoms with Crippen LogP contribution in [0.3, 0.4) is 0 Å². The van der Waals surface area contributed by atoms with E-state index in [-0.39, 0.29) is 17.7 Å². The van der Waals surface area contributed by atoms with E-state index in [1.807, 2.05) is 0 Å². The molecule has 4 aromatic carbocycles. The Balaban J connectivity index is 0.965. The van der Waals surface area contributed by atoms with E-state index in [1.54, 1.807) is 0 Å². The second kappa shape index (κ2) is 14.5. The molecule has 4 unspecified atom stereocenters. The maximum atomic E-state index is 5.27. The number of hydrogen-bond acceptors (Lipinski definition) is 3. The topological polar surface area (TPSA) is 36.4 Å². The molecule has 0 bridgehead atoms. The van der Waals surface area contributed by atoms with Crippen LogP contribution in [0.5, 0.6) is 0 Å². The van der Waals surface area contributed by atoms with Gasteiger partial charge >= 0.3 is 0 Å². The first-order valence-corrected chi connectivity index (χ1v) is 20.2. The molecule has 2 N–H and O–H groups in total. The number of aliphatic imine (C=N–C) groups is 1. The van der Waals surface area contributed by atoms with Gasteiger partial charge in [-0.25, -0.2) is 4.99 Å². The Morgan fingerprint density at radius 3 is 2.22 bits per heavy atom. The third kappa shape index (κ3) is 6.08. The second-order valence-corrected chi connectivity index (χ2v) is 15.6. The van der Waals surface area contributed by atoms with Gasteiger partial charge in [-0.05, 0) is 118 Å². The molecule has 5 aliphatic carbocycles. The molecule has 0 spiro atoms. The van der Waals surface area contributed by atoms with Crippen molar-refractivity contribution in [2.45, 2.75) is 68.6 Å². The number of benzene rings is 4. The third-order valence-electron chi connectivity index (χ3n) is 12.3. The Bertz CT molecular complexity index is 2410. The molecule has 0 radical (unpaired) electrons. The van der Waals surface area contributed by atoms with E-state index < -0.39 is 0 Å². The Morgan fingerprint density at radius 2 is 1.42 bits per heavy atom. The van der Waals surface area contributed by atoms with Crippen LogP contribution in [0.15, 0.2) is 197 Å². The molecule has 1 aliphatic heterocycles. The summed E-state index contributed by atoms with van der Waals surface area (Å²) in [6, 6.07) is 36.7. The molecule has 10 rings (SSSR count). The van der Waals surface area contributed by atoms with Gasteiger partial charge in [0, 0.05) is 5.92 Å². The summed E-state index contributed by atoms with van der Waals surface area (Å²) in [6.07, 6.45) is 35.1. The molecule has 270 valence electrons. The number of allylic oxidation sites excluding steroid dienone is 11. The normalized spacial score (nSPS) is 25.2. The van der Waals surface area contributed by atoms with Crippen molar-refractivity contribution in [1.29, 1.82) is 0 Å². The van der Waals surface area contributed by atoms with Gasteiger partial charge in [-0.3, -0.25) is 5.32 Å². The lowest BCUT2D eigenvalue weighted by Crippen LogP contribution is -2.55. The molecule has 0 amide bonds. The van der Waals surface area contributed by atoms with Crippen molar-refractivity contribution in [3.63, 3.8) is 0 Å². The molecular weight excluding hydrogens is 667 g/mol. The molecule has 0 aromatic heterocycles. The average molecular weight is 714 g/mol.